The van der Waals surface area contributed by atoms with Gasteiger partial charge in [-0.1, -0.05) is 30.3 Å². The molecule has 82 valence electrons. The van der Waals surface area contributed by atoms with Gasteiger partial charge in [-0.15, -0.1) is 0 Å². The van der Waals surface area contributed by atoms with Crippen LogP contribution in [0, 0.1) is 10.1 Å². The fourth-order valence-electron chi connectivity index (χ4n) is 1.34. The monoisotopic (exact) mass is 209 g/mol. The SMILES string of the molecule is C[C@@H]([C@H](O)CCc1ccccc1)[N+](=O)[O-]. The van der Waals surface area contributed by atoms with Gasteiger partial charge in [-0.25, -0.2) is 0 Å². The Morgan fingerprint density at radius 2 is 2.00 bits per heavy atom. The highest BCUT2D eigenvalue weighted by atomic mass is 16.6. The van der Waals surface area contributed by atoms with Gasteiger partial charge < -0.3 is 5.11 Å². The van der Waals surface area contributed by atoms with Crippen molar-refractivity contribution in [1.82, 2.24) is 0 Å². The number of nitrogens with zero attached hydrogens (tertiary/aromatic N) is 1. The largest absolute Gasteiger partial charge is 0.386 e. The number of benzene rings is 1. The van der Waals surface area contributed by atoms with E-state index in [4.69, 9.17) is 0 Å². The second-order valence-electron chi connectivity index (χ2n) is 3.62. The fourth-order valence-corrected chi connectivity index (χ4v) is 1.34. The van der Waals surface area contributed by atoms with Crippen molar-refractivity contribution in [2.75, 3.05) is 0 Å². The lowest BCUT2D eigenvalue weighted by Crippen LogP contribution is -2.30. The number of nitro groups is 1. The van der Waals surface area contributed by atoms with Gasteiger partial charge in [0.25, 0.3) is 0 Å². The van der Waals surface area contributed by atoms with E-state index in [2.05, 4.69) is 0 Å². The fraction of sp³-hybridized carbons (Fsp3) is 0.455. The summed E-state index contributed by atoms with van der Waals surface area (Å²) in [4.78, 5) is 9.95. The quantitative estimate of drug-likeness (QED) is 0.592. The maximum Gasteiger partial charge on any atom is 0.235 e. The topological polar surface area (TPSA) is 63.4 Å². The molecular weight excluding hydrogens is 194 g/mol. The summed E-state index contributed by atoms with van der Waals surface area (Å²) in [7, 11) is 0. The summed E-state index contributed by atoms with van der Waals surface area (Å²) in [6.45, 7) is 1.43. The predicted octanol–water partition coefficient (Wildman–Crippen LogP) is 1.65. The molecule has 1 aromatic carbocycles. The number of aliphatic hydroxyl groups excluding tert-OH is 1. The molecule has 0 spiro atoms. The molecule has 0 radical (unpaired) electrons. The maximum atomic E-state index is 10.4. The van der Waals surface area contributed by atoms with Gasteiger partial charge in [-0.3, -0.25) is 10.1 Å². The third-order valence-corrected chi connectivity index (χ3v) is 2.46. The van der Waals surface area contributed by atoms with Gasteiger partial charge in [0.1, 0.15) is 6.10 Å². The average molecular weight is 209 g/mol. The van der Waals surface area contributed by atoms with E-state index in [1.807, 2.05) is 30.3 Å². The Morgan fingerprint density at radius 1 is 1.40 bits per heavy atom. The molecule has 0 bridgehead atoms. The van der Waals surface area contributed by atoms with Crippen LogP contribution in [-0.2, 0) is 6.42 Å². The zero-order chi connectivity index (χ0) is 11.3. The van der Waals surface area contributed by atoms with Crippen molar-refractivity contribution in [3.63, 3.8) is 0 Å². The first-order valence-electron chi connectivity index (χ1n) is 4.96. The number of rotatable bonds is 5. The summed E-state index contributed by atoms with van der Waals surface area (Å²) in [5.41, 5.74) is 1.09. The van der Waals surface area contributed by atoms with Crippen LogP contribution in [0.25, 0.3) is 0 Å². The molecule has 1 rings (SSSR count). The zero-order valence-electron chi connectivity index (χ0n) is 8.67. The Labute approximate surface area is 88.7 Å². The molecule has 4 nitrogen and oxygen atoms in total. The van der Waals surface area contributed by atoms with Gasteiger partial charge >= 0.3 is 0 Å². The zero-order valence-corrected chi connectivity index (χ0v) is 8.67. The van der Waals surface area contributed by atoms with E-state index < -0.39 is 17.1 Å². The first-order chi connectivity index (χ1) is 7.11. The normalized spacial score (nSPS) is 14.5. The lowest BCUT2D eigenvalue weighted by atomic mass is 10.0. The summed E-state index contributed by atoms with van der Waals surface area (Å²) in [6.07, 6.45) is 0.215. The molecule has 15 heavy (non-hydrogen) atoms. The van der Waals surface area contributed by atoms with Crippen LogP contribution in [0.15, 0.2) is 30.3 Å². The minimum atomic E-state index is -0.895. The van der Waals surface area contributed by atoms with Crippen molar-refractivity contribution in [2.45, 2.75) is 31.9 Å². The van der Waals surface area contributed by atoms with Gasteiger partial charge in [0.15, 0.2) is 0 Å². The Balaban J connectivity index is 2.41. The van der Waals surface area contributed by atoms with Crippen LogP contribution in [0.3, 0.4) is 0 Å². The molecule has 1 N–H and O–H groups in total. The minimum Gasteiger partial charge on any atom is -0.386 e. The number of aryl methyl sites for hydroxylation is 1. The summed E-state index contributed by atoms with van der Waals surface area (Å²) < 4.78 is 0. The van der Waals surface area contributed by atoms with Gasteiger partial charge in [0, 0.05) is 11.8 Å². The highest BCUT2D eigenvalue weighted by Crippen LogP contribution is 2.08. The Morgan fingerprint density at radius 3 is 2.53 bits per heavy atom. The molecule has 0 saturated heterocycles. The molecule has 0 aliphatic rings. The molecule has 0 aliphatic heterocycles. The highest BCUT2D eigenvalue weighted by Gasteiger charge is 2.23. The molecule has 0 aromatic heterocycles. The van der Waals surface area contributed by atoms with E-state index in [9.17, 15) is 15.2 Å². The first kappa shape index (κ1) is 11.7. The summed E-state index contributed by atoms with van der Waals surface area (Å²) in [6, 6.07) is 8.75. The van der Waals surface area contributed by atoms with E-state index >= 15 is 0 Å². The summed E-state index contributed by atoms with van der Waals surface area (Å²) in [5, 5.41) is 19.9. The second kappa shape index (κ2) is 5.46. The van der Waals surface area contributed by atoms with Gasteiger partial charge in [-0.2, -0.15) is 0 Å². The van der Waals surface area contributed by atoms with Crippen molar-refractivity contribution >= 4 is 0 Å². The van der Waals surface area contributed by atoms with E-state index in [0.717, 1.165) is 5.56 Å². The van der Waals surface area contributed by atoms with Crippen LogP contribution in [0.1, 0.15) is 18.9 Å². The Bertz CT molecular complexity index is 313. The Kier molecular flexibility index (Phi) is 4.24. The van der Waals surface area contributed by atoms with Crippen LogP contribution < -0.4 is 0 Å². The van der Waals surface area contributed by atoms with Crippen molar-refractivity contribution < 1.29 is 10.0 Å². The molecule has 0 heterocycles. The minimum absolute atomic E-state index is 0.423. The summed E-state index contributed by atoms with van der Waals surface area (Å²) in [5.74, 6) is 0. The van der Waals surface area contributed by atoms with E-state index in [1.165, 1.54) is 6.92 Å². The highest BCUT2D eigenvalue weighted by molar-refractivity contribution is 5.14. The molecule has 0 fully saturated rings. The molecule has 0 unspecified atom stereocenters. The van der Waals surface area contributed by atoms with Gasteiger partial charge in [0.2, 0.25) is 6.04 Å². The molecular formula is C11H15NO3. The Hall–Kier alpha value is -1.42. The lowest BCUT2D eigenvalue weighted by Gasteiger charge is -2.11. The predicted molar refractivity (Wildman–Crippen MR) is 57.2 cm³/mol. The van der Waals surface area contributed by atoms with Gasteiger partial charge in [0.05, 0.1) is 0 Å². The molecule has 4 heteroatoms. The van der Waals surface area contributed by atoms with Crippen molar-refractivity contribution in [3.05, 3.63) is 46.0 Å². The molecule has 0 saturated carbocycles. The van der Waals surface area contributed by atoms with Gasteiger partial charge in [-0.05, 0) is 18.4 Å². The number of hydrogen-bond acceptors (Lipinski definition) is 3. The molecule has 2 atom stereocenters. The number of aliphatic hydroxyl groups is 1. The lowest BCUT2D eigenvalue weighted by molar-refractivity contribution is -0.529. The van der Waals surface area contributed by atoms with Crippen LogP contribution in [0.2, 0.25) is 0 Å². The smallest absolute Gasteiger partial charge is 0.235 e. The van der Waals surface area contributed by atoms with Crippen molar-refractivity contribution in [2.24, 2.45) is 0 Å². The van der Waals surface area contributed by atoms with E-state index in [-0.39, 0.29) is 0 Å². The van der Waals surface area contributed by atoms with Crippen LogP contribution in [-0.4, -0.2) is 22.2 Å². The summed E-state index contributed by atoms with van der Waals surface area (Å²) >= 11 is 0. The van der Waals surface area contributed by atoms with E-state index in [1.54, 1.807) is 0 Å². The molecule has 1 aromatic rings. The first-order valence-corrected chi connectivity index (χ1v) is 4.96. The maximum absolute atomic E-state index is 10.4. The van der Waals surface area contributed by atoms with Crippen LogP contribution in [0.4, 0.5) is 0 Å². The standard InChI is InChI=1S/C11H15NO3/c1-9(12(14)15)11(13)8-7-10-5-3-2-4-6-10/h2-6,9,11,13H,7-8H2,1H3/t9-,11+/m0/s1. The average Bonchev–Trinajstić information content (AvgIpc) is 2.26. The third-order valence-electron chi connectivity index (χ3n) is 2.46. The van der Waals surface area contributed by atoms with Crippen molar-refractivity contribution in [3.8, 4) is 0 Å². The van der Waals surface area contributed by atoms with Crippen molar-refractivity contribution in [1.29, 1.82) is 0 Å². The third kappa shape index (κ3) is 3.67. The van der Waals surface area contributed by atoms with Crippen LogP contribution in [0.5, 0.6) is 0 Å². The second-order valence-corrected chi connectivity index (χ2v) is 3.62. The van der Waals surface area contributed by atoms with E-state index in [0.29, 0.717) is 12.8 Å². The molecule has 0 amide bonds. The molecule has 0 aliphatic carbocycles. The number of hydrogen-bond donors (Lipinski definition) is 1. The van der Waals surface area contributed by atoms with Crippen LogP contribution >= 0.6 is 0 Å².